The van der Waals surface area contributed by atoms with Gasteiger partial charge < -0.3 is 10.1 Å². The average molecular weight is 262 g/mol. The molecule has 0 amide bonds. The molecule has 1 N–H and O–H groups in total. The van der Waals surface area contributed by atoms with Crippen molar-refractivity contribution >= 4 is 23.2 Å². The van der Waals surface area contributed by atoms with E-state index in [-0.39, 0.29) is 5.60 Å². The van der Waals surface area contributed by atoms with E-state index in [9.17, 15) is 0 Å². The van der Waals surface area contributed by atoms with Crippen LogP contribution < -0.4 is 5.32 Å². The fourth-order valence-electron chi connectivity index (χ4n) is 1.26. The smallest absolute Gasteiger partial charge is 0.0746 e. The lowest BCUT2D eigenvalue weighted by molar-refractivity contribution is 0.0231. The highest BCUT2D eigenvalue weighted by atomic mass is 35.5. The summed E-state index contributed by atoms with van der Waals surface area (Å²) in [6.07, 6.45) is 0. The molecule has 0 radical (unpaired) electrons. The Balaban J connectivity index is 2.56. The summed E-state index contributed by atoms with van der Waals surface area (Å²) in [6.45, 7) is 5.43. The Hall–Kier alpha value is -0.280. The van der Waals surface area contributed by atoms with E-state index >= 15 is 0 Å². The highest BCUT2D eigenvalue weighted by molar-refractivity contribution is 6.35. The number of nitrogens with one attached hydrogen (secondary N) is 1. The maximum Gasteiger partial charge on any atom is 0.0746 e. The maximum atomic E-state index is 6.06. The summed E-state index contributed by atoms with van der Waals surface area (Å²) in [4.78, 5) is 0. The van der Waals surface area contributed by atoms with Crippen LogP contribution in [0.4, 0.5) is 0 Å². The monoisotopic (exact) mass is 261 g/mol. The Morgan fingerprint density at radius 2 is 1.81 bits per heavy atom. The molecule has 0 aliphatic carbocycles. The average Bonchev–Trinajstić information content (AvgIpc) is 2.22. The summed E-state index contributed by atoms with van der Waals surface area (Å²) in [7, 11) is 1.70. The minimum Gasteiger partial charge on any atom is -0.377 e. The first-order chi connectivity index (χ1) is 7.46. The standard InChI is InChI=1S/C12H17Cl2NO/c1-12(2,16-3)8-15-7-9-10(13)5-4-6-11(9)14/h4-6,15H,7-8H2,1-3H3. The quantitative estimate of drug-likeness (QED) is 0.876. The third-order valence-electron chi connectivity index (χ3n) is 2.47. The lowest BCUT2D eigenvalue weighted by Crippen LogP contribution is -2.36. The molecule has 0 fully saturated rings. The summed E-state index contributed by atoms with van der Waals surface area (Å²) < 4.78 is 5.31. The molecule has 0 spiro atoms. The molecule has 0 aliphatic rings. The van der Waals surface area contributed by atoms with E-state index in [0.29, 0.717) is 16.6 Å². The Morgan fingerprint density at radius 1 is 1.25 bits per heavy atom. The van der Waals surface area contributed by atoms with Crippen LogP contribution in [0.15, 0.2) is 18.2 Å². The van der Waals surface area contributed by atoms with E-state index < -0.39 is 0 Å². The number of benzene rings is 1. The summed E-state index contributed by atoms with van der Waals surface area (Å²) >= 11 is 12.1. The Bertz CT molecular complexity index is 333. The van der Waals surface area contributed by atoms with E-state index in [2.05, 4.69) is 5.32 Å². The molecular weight excluding hydrogens is 245 g/mol. The van der Waals surface area contributed by atoms with E-state index in [1.165, 1.54) is 0 Å². The van der Waals surface area contributed by atoms with Gasteiger partial charge in [0.1, 0.15) is 0 Å². The summed E-state index contributed by atoms with van der Waals surface area (Å²) in [5.74, 6) is 0. The van der Waals surface area contributed by atoms with Crippen molar-refractivity contribution in [3.63, 3.8) is 0 Å². The highest BCUT2D eigenvalue weighted by Crippen LogP contribution is 2.23. The minimum absolute atomic E-state index is 0.187. The van der Waals surface area contributed by atoms with Gasteiger partial charge in [-0.3, -0.25) is 0 Å². The van der Waals surface area contributed by atoms with Crippen molar-refractivity contribution in [3.05, 3.63) is 33.8 Å². The normalized spacial score (nSPS) is 11.8. The lowest BCUT2D eigenvalue weighted by Gasteiger charge is -2.23. The zero-order valence-corrected chi connectivity index (χ0v) is 11.3. The van der Waals surface area contributed by atoms with Gasteiger partial charge in [-0.1, -0.05) is 29.3 Å². The first-order valence-corrected chi connectivity index (χ1v) is 5.90. The van der Waals surface area contributed by atoms with Gasteiger partial charge in [0.25, 0.3) is 0 Å². The van der Waals surface area contributed by atoms with Gasteiger partial charge in [-0.2, -0.15) is 0 Å². The van der Waals surface area contributed by atoms with Gasteiger partial charge in [0.2, 0.25) is 0 Å². The van der Waals surface area contributed by atoms with Gasteiger partial charge in [0, 0.05) is 35.8 Å². The summed E-state index contributed by atoms with van der Waals surface area (Å²) in [6, 6.07) is 5.52. The van der Waals surface area contributed by atoms with E-state index in [4.69, 9.17) is 27.9 Å². The first-order valence-electron chi connectivity index (χ1n) is 5.15. The molecule has 0 heterocycles. The Kier molecular flexibility index (Phi) is 5.06. The largest absolute Gasteiger partial charge is 0.377 e. The van der Waals surface area contributed by atoms with Crippen molar-refractivity contribution in [2.24, 2.45) is 0 Å². The molecular formula is C12H17Cl2NO. The predicted octanol–water partition coefficient (Wildman–Crippen LogP) is 3.51. The third kappa shape index (κ3) is 3.95. The lowest BCUT2D eigenvalue weighted by atomic mass is 10.1. The van der Waals surface area contributed by atoms with Crippen LogP contribution in [0.25, 0.3) is 0 Å². The fraction of sp³-hybridized carbons (Fsp3) is 0.500. The van der Waals surface area contributed by atoms with Crippen LogP contribution in [0.2, 0.25) is 10.0 Å². The van der Waals surface area contributed by atoms with Crippen molar-refractivity contribution in [3.8, 4) is 0 Å². The van der Waals surface area contributed by atoms with Crippen LogP contribution >= 0.6 is 23.2 Å². The Morgan fingerprint density at radius 3 is 2.31 bits per heavy atom. The van der Waals surface area contributed by atoms with Gasteiger partial charge in [0.15, 0.2) is 0 Å². The molecule has 0 atom stereocenters. The molecule has 0 aromatic heterocycles. The van der Waals surface area contributed by atoms with Gasteiger partial charge >= 0.3 is 0 Å². The van der Waals surface area contributed by atoms with E-state index in [1.807, 2.05) is 32.0 Å². The van der Waals surface area contributed by atoms with Crippen LogP contribution in [-0.4, -0.2) is 19.3 Å². The number of halogens is 2. The van der Waals surface area contributed by atoms with Crippen molar-refractivity contribution < 1.29 is 4.74 Å². The van der Waals surface area contributed by atoms with Gasteiger partial charge in [-0.25, -0.2) is 0 Å². The van der Waals surface area contributed by atoms with E-state index in [1.54, 1.807) is 7.11 Å². The van der Waals surface area contributed by atoms with Crippen LogP contribution in [0.3, 0.4) is 0 Å². The number of hydrogen-bond acceptors (Lipinski definition) is 2. The number of methoxy groups -OCH3 is 1. The van der Waals surface area contributed by atoms with Crippen molar-refractivity contribution in [2.45, 2.75) is 26.0 Å². The molecule has 1 aromatic rings. The predicted molar refractivity (Wildman–Crippen MR) is 69.3 cm³/mol. The number of ether oxygens (including phenoxy) is 1. The summed E-state index contributed by atoms with van der Waals surface area (Å²) in [5.41, 5.74) is 0.742. The maximum absolute atomic E-state index is 6.06. The zero-order valence-electron chi connectivity index (χ0n) is 9.81. The molecule has 0 saturated carbocycles. The van der Waals surface area contributed by atoms with Crippen LogP contribution in [-0.2, 0) is 11.3 Å². The fourth-order valence-corrected chi connectivity index (χ4v) is 1.79. The van der Waals surface area contributed by atoms with Gasteiger partial charge in [0.05, 0.1) is 5.60 Å². The molecule has 90 valence electrons. The topological polar surface area (TPSA) is 21.3 Å². The second-order valence-electron chi connectivity index (χ2n) is 4.27. The second kappa shape index (κ2) is 5.87. The second-order valence-corrected chi connectivity index (χ2v) is 5.08. The SMILES string of the molecule is COC(C)(C)CNCc1c(Cl)cccc1Cl. The van der Waals surface area contributed by atoms with Crippen molar-refractivity contribution in [1.29, 1.82) is 0 Å². The molecule has 0 bridgehead atoms. The zero-order chi connectivity index (χ0) is 12.2. The molecule has 1 aromatic carbocycles. The Labute approximate surface area is 107 Å². The van der Waals surface area contributed by atoms with Gasteiger partial charge in [-0.05, 0) is 26.0 Å². The van der Waals surface area contributed by atoms with Crippen LogP contribution in [0.5, 0.6) is 0 Å². The van der Waals surface area contributed by atoms with Crippen molar-refractivity contribution in [2.75, 3.05) is 13.7 Å². The minimum atomic E-state index is -0.187. The number of hydrogen-bond donors (Lipinski definition) is 1. The molecule has 0 unspecified atom stereocenters. The summed E-state index contributed by atoms with van der Waals surface area (Å²) in [5, 5.41) is 4.66. The third-order valence-corrected chi connectivity index (χ3v) is 3.17. The molecule has 2 nitrogen and oxygen atoms in total. The van der Waals surface area contributed by atoms with Crippen LogP contribution in [0, 0.1) is 0 Å². The first kappa shape index (κ1) is 13.8. The van der Waals surface area contributed by atoms with E-state index in [0.717, 1.165) is 12.1 Å². The molecule has 16 heavy (non-hydrogen) atoms. The van der Waals surface area contributed by atoms with Crippen molar-refractivity contribution in [1.82, 2.24) is 5.32 Å². The highest BCUT2D eigenvalue weighted by Gasteiger charge is 2.15. The van der Waals surface area contributed by atoms with Gasteiger partial charge in [-0.15, -0.1) is 0 Å². The molecule has 4 heteroatoms. The number of rotatable bonds is 5. The molecule has 0 saturated heterocycles. The molecule has 1 rings (SSSR count). The van der Waals surface area contributed by atoms with Crippen LogP contribution in [0.1, 0.15) is 19.4 Å². The molecule has 0 aliphatic heterocycles.